The zero-order valence-electron chi connectivity index (χ0n) is 17.0. The number of hydrogen-bond donors (Lipinski definition) is 0. The largest absolute Gasteiger partial charge is 0.312 e. The van der Waals surface area contributed by atoms with E-state index < -0.39 is 11.7 Å². The van der Waals surface area contributed by atoms with Crippen molar-refractivity contribution in [3.8, 4) is 0 Å². The Labute approximate surface area is 187 Å². The molecular weight excluding hydrogens is 427 g/mol. The minimum absolute atomic E-state index is 0.0947. The molecule has 6 nitrogen and oxygen atoms in total. The Bertz CT molecular complexity index is 1280. The molecule has 2 aromatic heterocycles. The second kappa shape index (κ2) is 8.47. The molecule has 1 saturated heterocycles. The molecule has 0 spiro atoms. The molecule has 0 bridgehead atoms. The first-order valence-electron chi connectivity index (χ1n) is 10.2. The second-order valence-corrected chi connectivity index (χ2v) is 8.58. The molecular formula is C24H19FN4O2S. The topological polar surface area (TPSA) is 66.4 Å². The number of benzene rings is 2. The van der Waals surface area contributed by atoms with Crippen LogP contribution in [0.4, 0.5) is 15.2 Å². The molecule has 0 aliphatic carbocycles. The van der Waals surface area contributed by atoms with Crippen LogP contribution in [0, 0.1) is 11.7 Å². The Kier molecular flexibility index (Phi) is 5.36. The number of para-hydroxylation sites is 2. The lowest BCUT2D eigenvalue weighted by molar-refractivity contribution is -0.124. The summed E-state index contributed by atoms with van der Waals surface area (Å²) in [6.07, 6.45) is 1.78. The van der Waals surface area contributed by atoms with Gasteiger partial charge in [-0.25, -0.2) is 9.37 Å². The number of carbonyl (C=O) groups excluding carboxylic acids is 2. The van der Waals surface area contributed by atoms with Crippen LogP contribution < -0.4 is 9.80 Å². The van der Waals surface area contributed by atoms with Crippen LogP contribution in [0.5, 0.6) is 0 Å². The molecule has 8 heteroatoms. The second-order valence-electron chi connectivity index (χ2n) is 7.57. The van der Waals surface area contributed by atoms with Crippen molar-refractivity contribution < 1.29 is 14.0 Å². The zero-order valence-corrected chi connectivity index (χ0v) is 17.8. The fourth-order valence-corrected chi connectivity index (χ4v) is 4.85. The molecule has 1 unspecified atom stereocenters. The molecule has 0 saturated carbocycles. The van der Waals surface area contributed by atoms with Gasteiger partial charge in [-0.2, -0.15) is 0 Å². The Balaban J connectivity index is 1.48. The number of nitrogens with zero attached hydrogens (tertiary/aromatic N) is 4. The van der Waals surface area contributed by atoms with E-state index in [1.54, 1.807) is 29.3 Å². The number of aromatic nitrogens is 2. The lowest BCUT2D eigenvalue weighted by Gasteiger charge is -2.23. The predicted octanol–water partition coefficient (Wildman–Crippen LogP) is 4.42. The predicted molar refractivity (Wildman–Crippen MR) is 122 cm³/mol. The lowest BCUT2D eigenvalue weighted by atomic mass is 10.1. The third-order valence-electron chi connectivity index (χ3n) is 5.44. The first-order valence-corrected chi connectivity index (χ1v) is 11.0. The Hall–Kier alpha value is -3.65. The number of halogens is 1. The van der Waals surface area contributed by atoms with Gasteiger partial charge in [-0.15, -0.1) is 0 Å². The van der Waals surface area contributed by atoms with E-state index >= 15 is 0 Å². The van der Waals surface area contributed by atoms with E-state index in [9.17, 15) is 14.0 Å². The first-order chi connectivity index (χ1) is 15.6. The molecule has 2 amide bonds. The van der Waals surface area contributed by atoms with Gasteiger partial charge in [0.05, 0.1) is 22.9 Å². The normalized spacial score (nSPS) is 16.0. The number of pyridine rings is 1. The molecule has 4 aromatic rings. The lowest BCUT2D eigenvalue weighted by Crippen LogP contribution is -2.37. The highest BCUT2D eigenvalue weighted by molar-refractivity contribution is 7.22. The number of fused-ring (bicyclic) bond motifs is 1. The van der Waals surface area contributed by atoms with Crippen LogP contribution in [0.3, 0.4) is 0 Å². The minimum atomic E-state index is -0.525. The van der Waals surface area contributed by atoms with Crippen molar-refractivity contribution in [1.82, 2.24) is 9.97 Å². The summed E-state index contributed by atoms with van der Waals surface area (Å²) in [4.78, 5) is 38.2. The van der Waals surface area contributed by atoms with E-state index in [0.717, 1.165) is 5.69 Å². The monoisotopic (exact) mass is 446 g/mol. The highest BCUT2D eigenvalue weighted by Gasteiger charge is 2.38. The van der Waals surface area contributed by atoms with Gasteiger partial charge in [-0.05, 0) is 36.4 Å². The van der Waals surface area contributed by atoms with E-state index in [0.29, 0.717) is 22.1 Å². The summed E-state index contributed by atoms with van der Waals surface area (Å²) in [7, 11) is 0. The van der Waals surface area contributed by atoms with E-state index in [4.69, 9.17) is 0 Å². The summed E-state index contributed by atoms with van der Waals surface area (Å²) in [5, 5.41) is 0.395. The Morgan fingerprint density at radius 3 is 2.66 bits per heavy atom. The molecule has 5 rings (SSSR count). The van der Waals surface area contributed by atoms with Crippen molar-refractivity contribution in [1.29, 1.82) is 0 Å². The van der Waals surface area contributed by atoms with Gasteiger partial charge in [0.25, 0.3) is 0 Å². The summed E-state index contributed by atoms with van der Waals surface area (Å²) in [5.74, 6) is -1.27. The summed E-state index contributed by atoms with van der Waals surface area (Å²) >= 11 is 1.25. The fourth-order valence-electron chi connectivity index (χ4n) is 3.86. The molecule has 1 aliphatic rings. The zero-order chi connectivity index (χ0) is 22.1. The fraction of sp³-hybridized carbons (Fsp3) is 0.167. The quantitative estimate of drug-likeness (QED) is 0.455. The van der Waals surface area contributed by atoms with Crippen molar-refractivity contribution in [2.45, 2.75) is 13.0 Å². The molecule has 2 aromatic carbocycles. The number of anilines is 2. The Morgan fingerprint density at radius 2 is 1.91 bits per heavy atom. The van der Waals surface area contributed by atoms with Crippen LogP contribution in [0.1, 0.15) is 12.1 Å². The number of thiazole rings is 1. The van der Waals surface area contributed by atoms with Gasteiger partial charge in [0.15, 0.2) is 5.13 Å². The Morgan fingerprint density at radius 1 is 1.09 bits per heavy atom. The summed E-state index contributed by atoms with van der Waals surface area (Å²) in [6.45, 7) is 0.483. The van der Waals surface area contributed by atoms with E-state index in [-0.39, 0.29) is 30.3 Å². The molecule has 1 atom stereocenters. The number of amides is 2. The van der Waals surface area contributed by atoms with E-state index in [1.807, 2.05) is 42.5 Å². The number of rotatable bonds is 5. The van der Waals surface area contributed by atoms with Gasteiger partial charge in [0, 0.05) is 24.8 Å². The van der Waals surface area contributed by atoms with Gasteiger partial charge < -0.3 is 4.90 Å². The summed E-state index contributed by atoms with van der Waals surface area (Å²) in [6, 6.07) is 19.5. The van der Waals surface area contributed by atoms with Crippen LogP contribution >= 0.6 is 11.3 Å². The van der Waals surface area contributed by atoms with E-state index in [1.165, 1.54) is 22.3 Å². The first kappa shape index (κ1) is 20.3. The van der Waals surface area contributed by atoms with Crippen LogP contribution in [0.2, 0.25) is 0 Å². The molecule has 1 aliphatic heterocycles. The maximum Gasteiger partial charge on any atom is 0.234 e. The highest BCUT2D eigenvalue weighted by atomic mass is 32.1. The average Bonchev–Trinajstić information content (AvgIpc) is 3.43. The van der Waals surface area contributed by atoms with Crippen LogP contribution in [-0.4, -0.2) is 28.3 Å². The van der Waals surface area contributed by atoms with Gasteiger partial charge in [0.2, 0.25) is 11.8 Å². The van der Waals surface area contributed by atoms with Crippen molar-refractivity contribution in [3.63, 3.8) is 0 Å². The van der Waals surface area contributed by atoms with Crippen molar-refractivity contribution in [2.75, 3.05) is 16.3 Å². The standard InChI is InChI=1S/C24H19FN4O2S/c25-19-10-6-11-20-22(19)27-24(32-20)29(15-17-7-4-5-12-26-17)23(31)16-13-21(30)28(14-16)18-8-2-1-3-9-18/h1-12,16H,13-15H2. The van der Waals surface area contributed by atoms with Gasteiger partial charge in [-0.1, -0.05) is 41.7 Å². The van der Waals surface area contributed by atoms with Crippen molar-refractivity contribution in [3.05, 3.63) is 84.4 Å². The summed E-state index contributed by atoms with van der Waals surface area (Å²) in [5.41, 5.74) is 1.69. The van der Waals surface area contributed by atoms with Crippen LogP contribution in [0.25, 0.3) is 10.2 Å². The molecule has 0 radical (unpaired) electrons. The average molecular weight is 447 g/mol. The number of carbonyl (C=O) groups is 2. The van der Waals surface area contributed by atoms with Crippen LogP contribution in [-0.2, 0) is 16.1 Å². The summed E-state index contributed by atoms with van der Waals surface area (Å²) < 4.78 is 14.9. The third kappa shape index (κ3) is 3.85. The van der Waals surface area contributed by atoms with Crippen LogP contribution in [0.15, 0.2) is 72.9 Å². The van der Waals surface area contributed by atoms with Crippen molar-refractivity contribution >= 4 is 44.2 Å². The van der Waals surface area contributed by atoms with Crippen molar-refractivity contribution in [2.24, 2.45) is 5.92 Å². The number of hydrogen-bond acceptors (Lipinski definition) is 5. The maximum atomic E-state index is 14.3. The third-order valence-corrected chi connectivity index (χ3v) is 6.49. The molecule has 160 valence electrons. The van der Waals surface area contributed by atoms with Gasteiger partial charge in [0.1, 0.15) is 11.3 Å². The van der Waals surface area contributed by atoms with Gasteiger partial charge >= 0.3 is 0 Å². The van der Waals surface area contributed by atoms with Gasteiger partial charge in [-0.3, -0.25) is 19.5 Å². The van der Waals surface area contributed by atoms with E-state index in [2.05, 4.69) is 9.97 Å². The molecule has 3 heterocycles. The minimum Gasteiger partial charge on any atom is -0.312 e. The maximum absolute atomic E-state index is 14.3. The molecule has 32 heavy (non-hydrogen) atoms. The molecule has 0 N–H and O–H groups in total. The molecule has 1 fully saturated rings. The smallest absolute Gasteiger partial charge is 0.234 e. The highest BCUT2D eigenvalue weighted by Crippen LogP contribution is 2.34. The SMILES string of the molecule is O=C1CC(C(=O)N(Cc2ccccn2)c2nc3c(F)cccc3s2)CN1c1ccccc1.